The molecule has 0 aliphatic heterocycles. The monoisotopic (exact) mass is 939 g/mol. The molecule has 0 spiro atoms. The first-order valence-corrected chi connectivity index (χ1v) is 26.5. The Hall–Kier alpha value is -3.86. The molecule has 5 unspecified atom stereocenters. The third-order valence-electron chi connectivity index (χ3n) is 13.2. The van der Waals surface area contributed by atoms with E-state index in [9.17, 15) is 33.1 Å². The Labute approximate surface area is 405 Å². The maximum Gasteiger partial charge on any atom is 0.251 e. The van der Waals surface area contributed by atoms with Gasteiger partial charge in [0.25, 0.3) is 5.91 Å². The fourth-order valence-corrected chi connectivity index (χ4v) is 9.01. The number of hydrogen-bond acceptors (Lipinski definition) is 5. The van der Waals surface area contributed by atoms with Crippen molar-refractivity contribution >= 4 is 23.6 Å². The van der Waals surface area contributed by atoms with E-state index in [-0.39, 0.29) is 67.5 Å². The summed E-state index contributed by atoms with van der Waals surface area (Å²) in [6.07, 6.45) is 23.3. The molecule has 5 atom stereocenters. The van der Waals surface area contributed by atoms with Crippen LogP contribution in [0.15, 0.2) is 48.5 Å². The first-order valence-electron chi connectivity index (χ1n) is 26.5. The highest BCUT2D eigenvalue weighted by molar-refractivity contribution is 5.83. The highest BCUT2D eigenvalue weighted by Crippen LogP contribution is 2.29. The quantitative estimate of drug-likeness (QED) is 0.0425. The second-order valence-corrected chi connectivity index (χ2v) is 20.1. The number of carbonyl (C=O) groups excluding carboxylic acids is 4. The Morgan fingerprint density at radius 3 is 1.78 bits per heavy atom. The minimum absolute atomic E-state index is 0.0610. The van der Waals surface area contributed by atoms with Gasteiger partial charge in [-0.2, -0.15) is 0 Å². The van der Waals surface area contributed by atoms with Crippen molar-refractivity contribution in [3.8, 4) is 0 Å². The van der Waals surface area contributed by atoms with Crippen molar-refractivity contribution in [3.05, 3.63) is 71.3 Å². The number of aliphatic hydroxyl groups is 1. The number of aliphatic hydroxyl groups excluding tert-OH is 1. The van der Waals surface area contributed by atoms with Crippen LogP contribution in [0.3, 0.4) is 0 Å². The molecular weight excluding hydrogens is 847 g/mol. The SMILES string of the molecule is CCCCCCCCCCCCCCCC(=O)NC(Cc1ccccc1)C(O)C(=O)NCC(C)(C)CNC(=O)CC(Cc1cc(F)ccc1F)NC(=O)C(CCC)C(CCCC)CCCCC. The Bertz CT molecular complexity index is 1660. The van der Waals surface area contributed by atoms with E-state index in [2.05, 4.69) is 49.0 Å². The minimum atomic E-state index is -1.52. The van der Waals surface area contributed by atoms with Crippen LogP contribution < -0.4 is 21.3 Å². The summed E-state index contributed by atoms with van der Waals surface area (Å²) in [5.74, 6) is -2.62. The van der Waals surface area contributed by atoms with Crippen molar-refractivity contribution in [1.82, 2.24) is 21.3 Å². The number of halogens is 2. The second kappa shape index (κ2) is 35.3. The largest absolute Gasteiger partial charge is 0.381 e. The van der Waals surface area contributed by atoms with Gasteiger partial charge in [0.2, 0.25) is 17.7 Å². The lowest BCUT2D eigenvalue weighted by atomic mass is 9.80. The number of amides is 4. The molecule has 0 aliphatic rings. The standard InChI is InChI=1S/C56H92F2N4O5/c1-7-11-14-15-16-17-18-19-20-21-22-23-28-34-51(63)62-50(37-43-30-26-24-27-31-43)53(65)55(67)60-42-56(5,6)41-59-52(64)40-47(39-45-38-46(57)35-36-49(45)58)61-54(66)48(29-10-4)44(32-13-9-3)33-25-12-8-2/h24,26-27,30-31,35-36,38,44,47-48,50,53,65H,7-23,25,28-29,32-34,37,39-42H2,1-6H3,(H,59,64)(H,60,67)(H,61,66)(H,62,63). The molecule has 0 aromatic heterocycles. The zero-order valence-electron chi connectivity index (χ0n) is 42.6. The van der Waals surface area contributed by atoms with Crippen LogP contribution in [0, 0.1) is 28.9 Å². The maximum absolute atomic E-state index is 15.0. The highest BCUT2D eigenvalue weighted by Gasteiger charge is 2.32. The van der Waals surface area contributed by atoms with Crippen molar-refractivity contribution in [2.24, 2.45) is 17.3 Å². The van der Waals surface area contributed by atoms with Gasteiger partial charge < -0.3 is 26.4 Å². The molecular formula is C56H92F2N4O5. The molecule has 9 nitrogen and oxygen atoms in total. The van der Waals surface area contributed by atoms with Crippen molar-refractivity contribution in [2.45, 2.75) is 227 Å². The molecule has 0 saturated heterocycles. The van der Waals surface area contributed by atoms with Crippen LogP contribution in [-0.4, -0.2) is 60.0 Å². The van der Waals surface area contributed by atoms with E-state index in [0.717, 1.165) is 94.4 Å². The molecule has 11 heteroatoms. The Kier molecular flexibility index (Phi) is 31.2. The average Bonchev–Trinajstić information content (AvgIpc) is 3.30. The molecule has 2 rings (SSSR count). The van der Waals surface area contributed by atoms with E-state index in [1.165, 1.54) is 64.2 Å². The minimum Gasteiger partial charge on any atom is -0.381 e. The van der Waals surface area contributed by atoms with Crippen LogP contribution in [0.4, 0.5) is 8.78 Å². The highest BCUT2D eigenvalue weighted by atomic mass is 19.1. The molecule has 4 amide bonds. The number of rotatable bonds is 39. The predicted octanol–water partition coefficient (Wildman–Crippen LogP) is 12.0. The lowest BCUT2D eigenvalue weighted by Gasteiger charge is -2.30. The molecule has 0 fully saturated rings. The zero-order chi connectivity index (χ0) is 49.3. The molecule has 5 N–H and O–H groups in total. The summed E-state index contributed by atoms with van der Waals surface area (Å²) < 4.78 is 29.3. The van der Waals surface area contributed by atoms with Gasteiger partial charge >= 0.3 is 0 Å². The Morgan fingerprint density at radius 1 is 0.597 bits per heavy atom. The first-order chi connectivity index (χ1) is 32.2. The number of carbonyl (C=O) groups is 4. The van der Waals surface area contributed by atoms with E-state index in [4.69, 9.17) is 0 Å². The lowest BCUT2D eigenvalue weighted by molar-refractivity contribution is -0.132. The normalized spacial score (nSPS) is 13.9. The summed E-state index contributed by atoms with van der Waals surface area (Å²) in [5.41, 5.74) is 0.295. The van der Waals surface area contributed by atoms with Gasteiger partial charge in [0.1, 0.15) is 11.6 Å². The van der Waals surface area contributed by atoms with Gasteiger partial charge in [0.15, 0.2) is 6.10 Å². The topological polar surface area (TPSA) is 137 Å². The van der Waals surface area contributed by atoms with Gasteiger partial charge in [-0.15, -0.1) is 0 Å². The molecule has 0 bridgehead atoms. The smallest absolute Gasteiger partial charge is 0.251 e. The maximum atomic E-state index is 15.0. The van der Waals surface area contributed by atoms with Crippen molar-refractivity contribution in [2.75, 3.05) is 13.1 Å². The van der Waals surface area contributed by atoms with Crippen molar-refractivity contribution in [3.63, 3.8) is 0 Å². The van der Waals surface area contributed by atoms with Crippen LogP contribution in [-0.2, 0) is 32.0 Å². The van der Waals surface area contributed by atoms with Crippen LogP contribution in [0.2, 0.25) is 0 Å². The van der Waals surface area contributed by atoms with Crippen molar-refractivity contribution in [1.29, 1.82) is 0 Å². The van der Waals surface area contributed by atoms with Gasteiger partial charge in [-0.05, 0) is 79.2 Å². The fourth-order valence-electron chi connectivity index (χ4n) is 9.01. The van der Waals surface area contributed by atoms with Gasteiger partial charge in [0, 0.05) is 37.9 Å². The average molecular weight is 939 g/mol. The van der Waals surface area contributed by atoms with Gasteiger partial charge in [0.05, 0.1) is 6.04 Å². The zero-order valence-corrected chi connectivity index (χ0v) is 42.6. The first kappa shape index (κ1) is 59.3. The summed E-state index contributed by atoms with van der Waals surface area (Å²) in [5, 5.41) is 23.1. The van der Waals surface area contributed by atoms with Crippen LogP contribution >= 0.6 is 0 Å². The van der Waals surface area contributed by atoms with E-state index >= 15 is 0 Å². The second-order valence-electron chi connectivity index (χ2n) is 20.1. The molecule has 0 saturated carbocycles. The summed E-state index contributed by atoms with van der Waals surface area (Å²) in [7, 11) is 0. The van der Waals surface area contributed by atoms with E-state index in [1.807, 2.05) is 44.2 Å². The molecule has 0 aliphatic carbocycles. The Morgan fingerprint density at radius 2 is 1.16 bits per heavy atom. The van der Waals surface area contributed by atoms with Crippen LogP contribution in [0.5, 0.6) is 0 Å². The third-order valence-corrected chi connectivity index (χ3v) is 13.2. The lowest BCUT2D eigenvalue weighted by Crippen LogP contribution is -2.53. The number of benzene rings is 2. The Balaban J connectivity index is 2.00. The molecule has 0 radical (unpaired) electrons. The van der Waals surface area contributed by atoms with Crippen LogP contribution in [0.25, 0.3) is 0 Å². The van der Waals surface area contributed by atoms with Crippen LogP contribution in [0.1, 0.15) is 207 Å². The third kappa shape index (κ3) is 26.5. The van der Waals surface area contributed by atoms with E-state index in [0.29, 0.717) is 12.8 Å². The van der Waals surface area contributed by atoms with E-state index < -0.39 is 41.1 Å². The van der Waals surface area contributed by atoms with Gasteiger partial charge in [-0.25, -0.2) is 8.78 Å². The predicted molar refractivity (Wildman–Crippen MR) is 270 cm³/mol. The van der Waals surface area contributed by atoms with Gasteiger partial charge in [-0.3, -0.25) is 19.2 Å². The van der Waals surface area contributed by atoms with Gasteiger partial charge in [-0.1, -0.05) is 187 Å². The molecule has 2 aromatic rings. The summed E-state index contributed by atoms with van der Waals surface area (Å²) >= 11 is 0. The van der Waals surface area contributed by atoms with Crippen molar-refractivity contribution < 1.29 is 33.1 Å². The van der Waals surface area contributed by atoms with E-state index in [1.54, 1.807) is 0 Å². The number of unbranched alkanes of at least 4 members (excludes halogenated alkanes) is 15. The summed E-state index contributed by atoms with van der Waals surface area (Å²) in [4.78, 5) is 54.3. The number of nitrogens with one attached hydrogen (secondary N) is 4. The summed E-state index contributed by atoms with van der Waals surface area (Å²) in [6.45, 7) is 12.6. The number of hydrogen-bond donors (Lipinski definition) is 5. The fraction of sp³-hybridized carbons (Fsp3) is 0.714. The molecule has 380 valence electrons. The molecule has 2 aromatic carbocycles. The molecule has 67 heavy (non-hydrogen) atoms. The summed E-state index contributed by atoms with van der Waals surface area (Å²) in [6, 6.07) is 11.0. The molecule has 0 heterocycles.